The summed E-state index contributed by atoms with van der Waals surface area (Å²) in [6, 6.07) is 7.86. The summed E-state index contributed by atoms with van der Waals surface area (Å²) in [6.45, 7) is 11.0. The topological polar surface area (TPSA) is 59.0 Å². The lowest BCUT2D eigenvalue weighted by atomic mass is 9.85. The molecule has 142 valence electrons. The van der Waals surface area contributed by atoms with Gasteiger partial charge in [-0.25, -0.2) is 0 Å². The summed E-state index contributed by atoms with van der Waals surface area (Å²) < 4.78 is 10.6. The van der Waals surface area contributed by atoms with E-state index >= 15 is 0 Å². The molecule has 0 fully saturated rings. The van der Waals surface area contributed by atoms with Crippen molar-refractivity contribution in [3.8, 4) is 0 Å². The molecule has 25 heavy (non-hydrogen) atoms. The molecule has 0 bridgehead atoms. The van der Waals surface area contributed by atoms with Gasteiger partial charge in [0.25, 0.3) is 0 Å². The molecule has 1 aromatic rings. The predicted molar refractivity (Wildman–Crippen MR) is 101 cm³/mol. The summed E-state index contributed by atoms with van der Waals surface area (Å²) in [4.78, 5) is 14.7. The zero-order valence-electron chi connectivity index (χ0n) is 16.4. The van der Waals surface area contributed by atoms with Crippen molar-refractivity contribution in [1.29, 1.82) is 0 Å². The maximum absolute atomic E-state index is 13.0. The minimum absolute atomic E-state index is 0.117. The van der Waals surface area contributed by atoms with E-state index < -0.39 is 12.0 Å². The third kappa shape index (κ3) is 6.10. The van der Waals surface area contributed by atoms with E-state index in [-0.39, 0.29) is 18.1 Å². The van der Waals surface area contributed by atoms with Gasteiger partial charge in [0.1, 0.15) is 6.73 Å². The fourth-order valence-corrected chi connectivity index (χ4v) is 2.66. The Morgan fingerprint density at radius 3 is 2.44 bits per heavy atom. The zero-order chi connectivity index (χ0) is 19.0. The number of rotatable bonds is 9. The minimum Gasteiger partial charge on any atom is -0.392 e. The zero-order valence-corrected chi connectivity index (χ0v) is 16.4. The van der Waals surface area contributed by atoms with Crippen LogP contribution in [-0.2, 0) is 19.7 Å². The van der Waals surface area contributed by atoms with Gasteiger partial charge in [-0.15, -0.1) is 0 Å². The number of aliphatic hydroxyl groups excluding tert-OH is 1. The molecular formula is C20H33NO4. The Morgan fingerprint density at radius 2 is 1.88 bits per heavy atom. The fourth-order valence-electron chi connectivity index (χ4n) is 2.66. The number of hydrogen-bond acceptors (Lipinski definition) is 4. The standard InChI is InChI=1S/C20H33NO4/c1-7-18(22)15(2)19(23)21(14-25-13-12-24-6)17-11-9-8-10-16(17)20(3,4)5/h8-11,15,18,22H,7,12-14H2,1-6H3/t15-,18+/m0/s1. The van der Waals surface area contributed by atoms with Crippen molar-refractivity contribution < 1.29 is 19.4 Å². The van der Waals surface area contributed by atoms with Crippen LogP contribution in [-0.4, -0.2) is 44.2 Å². The SMILES string of the molecule is CC[C@@H](O)[C@H](C)C(=O)N(COCCOC)c1ccccc1C(C)(C)C. The van der Waals surface area contributed by atoms with Crippen LogP contribution >= 0.6 is 0 Å². The van der Waals surface area contributed by atoms with Crippen LogP contribution in [0.2, 0.25) is 0 Å². The number of anilines is 1. The van der Waals surface area contributed by atoms with E-state index in [9.17, 15) is 9.90 Å². The van der Waals surface area contributed by atoms with E-state index in [1.54, 1.807) is 18.9 Å². The molecule has 1 aromatic carbocycles. The Kier molecular flexibility index (Phi) is 8.56. The predicted octanol–water partition coefficient (Wildman–Crippen LogP) is 3.34. The number of aliphatic hydroxyl groups is 1. The second-order valence-corrected chi connectivity index (χ2v) is 7.33. The van der Waals surface area contributed by atoms with Gasteiger partial charge >= 0.3 is 0 Å². The average Bonchev–Trinajstić information content (AvgIpc) is 2.59. The van der Waals surface area contributed by atoms with E-state index in [1.165, 1.54) is 0 Å². The quantitative estimate of drug-likeness (QED) is 0.547. The highest BCUT2D eigenvalue weighted by Gasteiger charge is 2.30. The average molecular weight is 351 g/mol. The Labute approximate surface area is 151 Å². The van der Waals surface area contributed by atoms with E-state index in [2.05, 4.69) is 20.8 Å². The number of benzene rings is 1. The number of carbonyl (C=O) groups is 1. The molecule has 0 aliphatic carbocycles. The molecule has 0 heterocycles. The largest absolute Gasteiger partial charge is 0.392 e. The van der Waals surface area contributed by atoms with Gasteiger partial charge in [0.15, 0.2) is 0 Å². The Bertz CT molecular complexity index is 539. The first kappa shape index (κ1) is 21.6. The molecule has 0 aliphatic heterocycles. The van der Waals surface area contributed by atoms with Gasteiger partial charge < -0.3 is 14.6 Å². The molecule has 0 aliphatic rings. The van der Waals surface area contributed by atoms with Crippen LogP contribution in [0.15, 0.2) is 24.3 Å². The van der Waals surface area contributed by atoms with Crippen LogP contribution in [0.3, 0.4) is 0 Å². The van der Waals surface area contributed by atoms with Crippen LogP contribution in [0.5, 0.6) is 0 Å². The van der Waals surface area contributed by atoms with Crippen molar-refractivity contribution in [2.24, 2.45) is 5.92 Å². The normalized spacial score (nSPS) is 14.2. The number of ether oxygens (including phenoxy) is 2. The van der Waals surface area contributed by atoms with Gasteiger partial charge in [-0.2, -0.15) is 0 Å². The highest BCUT2D eigenvalue weighted by atomic mass is 16.5. The molecule has 0 radical (unpaired) electrons. The van der Waals surface area contributed by atoms with Crippen molar-refractivity contribution in [3.63, 3.8) is 0 Å². The van der Waals surface area contributed by atoms with E-state index in [0.29, 0.717) is 19.6 Å². The number of hydrogen-bond donors (Lipinski definition) is 1. The summed E-state index contributed by atoms with van der Waals surface area (Å²) in [7, 11) is 1.61. The molecule has 5 nitrogen and oxygen atoms in total. The molecule has 0 aromatic heterocycles. The van der Waals surface area contributed by atoms with Crippen LogP contribution < -0.4 is 4.90 Å². The molecule has 2 atom stereocenters. The van der Waals surface area contributed by atoms with Gasteiger partial charge in [0, 0.05) is 12.8 Å². The Morgan fingerprint density at radius 1 is 1.24 bits per heavy atom. The van der Waals surface area contributed by atoms with Crippen molar-refractivity contribution >= 4 is 11.6 Å². The summed E-state index contributed by atoms with van der Waals surface area (Å²) in [5.74, 6) is -0.632. The lowest BCUT2D eigenvalue weighted by Gasteiger charge is -2.32. The van der Waals surface area contributed by atoms with Crippen molar-refractivity contribution in [3.05, 3.63) is 29.8 Å². The first-order valence-corrected chi connectivity index (χ1v) is 8.89. The molecule has 0 unspecified atom stereocenters. The van der Waals surface area contributed by atoms with Crippen LogP contribution in [0.25, 0.3) is 0 Å². The van der Waals surface area contributed by atoms with Gasteiger partial charge in [0.05, 0.1) is 25.2 Å². The number of methoxy groups -OCH3 is 1. The molecule has 5 heteroatoms. The van der Waals surface area contributed by atoms with Crippen LogP contribution in [0.4, 0.5) is 5.69 Å². The van der Waals surface area contributed by atoms with Crippen molar-refractivity contribution in [1.82, 2.24) is 0 Å². The second kappa shape index (κ2) is 9.90. The highest BCUT2D eigenvalue weighted by molar-refractivity contribution is 5.95. The second-order valence-electron chi connectivity index (χ2n) is 7.33. The van der Waals surface area contributed by atoms with Crippen molar-refractivity contribution in [2.75, 3.05) is 32.0 Å². The lowest BCUT2D eigenvalue weighted by Crippen LogP contribution is -2.42. The first-order valence-electron chi connectivity index (χ1n) is 8.89. The Balaban J connectivity index is 3.17. The van der Waals surface area contributed by atoms with Crippen molar-refractivity contribution in [2.45, 2.75) is 52.6 Å². The van der Waals surface area contributed by atoms with Gasteiger partial charge in [-0.3, -0.25) is 9.69 Å². The number of amides is 1. The third-order valence-electron chi connectivity index (χ3n) is 4.31. The number of nitrogens with zero attached hydrogens (tertiary/aromatic N) is 1. The fraction of sp³-hybridized carbons (Fsp3) is 0.650. The molecule has 0 saturated heterocycles. The monoisotopic (exact) mass is 351 g/mol. The summed E-state index contributed by atoms with van der Waals surface area (Å²) in [5.41, 5.74) is 1.78. The molecule has 1 N–H and O–H groups in total. The Hall–Kier alpha value is -1.43. The maximum atomic E-state index is 13.0. The summed E-state index contributed by atoms with van der Waals surface area (Å²) in [6.07, 6.45) is -0.137. The van der Waals surface area contributed by atoms with Crippen LogP contribution in [0, 0.1) is 5.92 Å². The summed E-state index contributed by atoms with van der Waals surface area (Å²) in [5, 5.41) is 10.1. The maximum Gasteiger partial charge on any atom is 0.234 e. The molecule has 0 saturated carbocycles. The molecular weight excluding hydrogens is 318 g/mol. The van der Waals surface area contributed by atoms with E-state index in [0.717, 1.165) is 11.3 Å². The van der Waals surface area contributed by atoms with Gasteiger partial charge in [-0.1, -0.05) is 52.8 Å². The number of carbonyl (C=O) groups excluding carboxylic acids is 1. The van der Waals surface area contributed by atoms with E-state index in [4.69, 9.17) is 9.47 Å². The van der Waals surface area contributed by atoms with Gasteiger partial charge in [-0.05, 0) is 23.5 Å². The molecule has 1 rings (SSSR count). The number of para-hydroxylation sites is 1. The summed E-state index contributed by atoms with van der Waals surface area (Å²) >= 11 is 0. The van der Waals surface area contributed by atoms with Crippen LogP contribution in [0.1, 0.15) is 46.6 Å². The first-order chi connectivity index (χ1) is 11.7. The smallest absolute Gasteiger partial charge is 0.234 e. The molecule has 1 amide bonds. The molecule has 0 spiro atoms. The van der Waals surface area contributed by atoms with E-state index in [1.807, 2.05) is 31.2 Å². The highest BCUT2D eigenvalue weighted by Crippen LogP contribution is 2.33. The van der Waals surface area contributed by atoms with Gasteiger partial charge in [0.2, 0.25) is 5.91 Å². The lowest BCUT2D eigenvalue weighted by molar-refractivity contribution is -0.126. The minimum atomic E-state index is -0.671. The third-order valence-corrected chi connectivity index (χ3v) is 4.31.